The Morgan fingerprint density at radius 2 is 1.92 bits per heavy atom. The molecule has 0 aliphatic carbocycles. The number of anilines is 3. The molecule has 3 rings (SSSR count). The second kappa shape index (κ2) is 6.71. The molecule has 0 saturated heterocycles. The molecule has 0 radical (unpaired) electrons. The third kappa shape index (κ3) is 3.44. The normalized spacial score (nSPS) is 13.3. The standard InChI is InChI=1S/C17H17N7/c1-12-7-17(24(2)21-10-12)23-16-8-15(19-11-20-16)22-14-6-4-3-5-13(14)9-18/h3-8,10-11,21H,1-2H3,(H2,19,20,22,23). The first-order valence-corrected chi connectivity index (χ1v) is 7.39. The van der Waals surface area contributed by atoms with Gasteiger partial charge in [-0.15, -0.1) is 0 Å². The Morgan fingerprint density at radius 1 is 1.17 bits per heavy atom. The van der Waals surface area contributed by atoms with Crippen LogP contribution < -0.4 is 16.1 Å². The van der Waals surface area contributed by atoms with Crippen molar-refractivity contribution in [2.75, 3.05) is 17.7 Å². The number of hydrazine groups is 1. The number of para-hydroxylation sites is 1. The van der Waals surface area contributed by atoms with Crippen molar-refractivity contribution in [2.45, 2.75) is 6.92 Å². The minimum absolute atomic E-state index is 0.560. The molecule has 2 aromatic rings. The maximum Gasteiger partial charge on any atom is 0.137 e. The molecule has 0 saturated carbocycles. The average molecular weight is 319 g/mol. The topological polar surface area (TPSA) is 88.9 Å². The van der Waals surface area contributed by atoms with Crippen LogP contribution in [0.25, 0.3) is 0 Å². The van der Waals surface area contributed by atoms with Crippen molar-refractivity contribution < 1.29 is 0 Å². The molecule has 0 fully saturated rings. The molecule has 1 aliphatic rings. The van der Waals surface area contributed by atoms with E-state index in [1.165, 1.54) is 6.33 Å². The van der Waals surface area contributed by atoms with E-state index < -0.39 is 0 Å². The zero-order chi connectivity index (χ0) is 16.9. The molecular formula is C17H17N7. The molecular weight excluding hydrogens is 302 g/mol. The van der Waals surface area contributed by atoms with Crippen molar-refractivity contribution in [3.63, 3.8) is 0 Å². The molecule has 0 atom stereocenters. The Balaban J connectivity index is 1.80. The van der Waals surface area contributed by atoms with Crippen LogP contribution >= 0.6 is 0 Å². The van der Waals surface area contributed by atoms with Gasteiger partial charge in [0.25, 0.3) is 0 Å². The molecule has 0 spiro atoms. The number of nitrogens with one attached hydrogen (secondary N) is 3. The van der Waals surface area contributed by atoms with Gasteiger partial charge < -0.3 is 16.1 Å². The Kier molecular flexibility index (Phi) is 4.29. The Hall–Kier alpha value is -3.53. The molecule has 7 heteroatoms. The predicted octanol–water partition coefficient (Wildman–Crippen LogP) is 2.70. The molecule has 2 heterocycles. The summed E-state index contributed by atoms with van der Waals surface area (Å²) in [6.45, 7) is 2.01. The monoisotopic (exact) mass is 319 g/mol. The summed E-state index contributed by atoms with van der Waals surface area (Å²) in [6, 6.07) is 11.2. The van der Waals surface area contributed by atoms with Crippen LogP contribution in [0.2, 0.25) is 0 Å². The molecule has 3 N–H and O–H groups in total. The van der Waals surface area contributed by atoms with Gasteiger partial charge in [-0.2, -0.15) is 5.26 Å². The van der Waals surface area contributed by atoms with Gasteiger partial charge >= 0.3 is 0 Å². The van der Waals surface area contributed by atoms with Crippen LogP contribution in [0.15, 0.2) is 60.3 Å². The number of hydrogen-bond acceptors (Lipinski definition) is 7. The van der Waals surface area contributed by atoms with E-state index in [-0.39, 0.29) is 0 Å². The minimum Gasteiger partial charge on any atom is -0.339 e. The lowest BCUT2D eigenvalue weighted by Gasteiger charge is -2.26. The summed E-state index contributed by atoms with van der Waals surface area (Å²) in [5.74, 6) is 2.13. The van der Waals surface area contributed by atoms with Crippen LogP contribution in [0, 0.1) is 11.3 Å². The van der Waals surface area contributed by atoms with Crippen molar-refractivity contribution >= 4 is 17.3 Å². The van der Waals surface area contributed by atoms with E-state index in [9.17, 15) is 0 Å². The number of rotatable bonds is 4. The van der Waals surface area contributed by atoms with Crippen LogP contribution in [-0.2, 0) is 0 Å². The van der Waals surface area contributed by atoms with E-state index in [1.807, 2.05) is 49.5 Å². The molecule has 0 unspecified atom stereocenters. The van der Waals surface area contributed by atoms with Crippen molar-refractivity contribution in [3.05, 3.63) is 65.9 Å². The van der Waals surface area contributed by atoms with Crippen molar-refractivity contribution in [1.82, 2.24) is 20.4 Å². The molecule has 1 aliphatic heterocycles. The molecule has 0 bridgehead atoms. The van der Waals surface area contributed by atoms with Gasteiger partial charge in [0.15, 0.2) is 0 Å². The summed E-state index contributed by atoms with van der Waals surface area (Å²) < 4.78 is 0. The summed E-state index contributed by atoms with van der Waals surface area (Å²) in [7, 11) is 1.91. The first-order chi connectivity index (χ1) is 11.7. The van der Waals surface area contributed by atoms with Gasteiger partial charge in [0.2, 0.25) is 0 Å². The van der Waals surface area contributed by atoms with Crippen LogP contribution in [0.3, 0.4) is 0 Å². The average Bonchev–Trinajstić information content (AvgIpc) is 2.59. The first kappa shape index (κ1) is 15.4. The second-order valence-electron chi connectivity index (χ2n) is 5.30. The lowest BCUT2D eigenvalue weighted by atomic mass is 10.2. The van der Waals surface area contributed by atoms with Crippen LogP contribution in [-0.4, -0.2) is 22.0 Å². The maximum atomic E-state index is 9.16. The highest BCUT2D eigenvalue weighted by Gasteiger charge is 2.10. The van der Waals surface area contributed by atoms with E-state index in [2.05, 4.69) is 32.1 Å². The van der Waals surface area contributed by atoms with Gasteiger partial charge in [-0.25, -0.2) is 9.97 Å². The lowest BCUT2D eigenvalue weighted by molar-refractivity contribution is 0.348. The third-order valence-electron chi connectivity index (χ3n) is 3.45. The van der Waals surface area contributed by atoms with E-state index in [1.54, 1.807) is 12.1 Å². The number of allylic oxidation sites excluding steroid dienone is 2. The Morgan fingerprint density at radius 3 is 2.71 bits per heavy atom. The largest absolute Gasteiger partial charge is 0.339 e. The second-order valence-corrected chi connectivity index (χ2v) is 5.30. The van der Waals surface area contributed by atoms with Crippen LogP contribution in [0.4, 0.5) is 17.3 Å². The van der Waals surface area contributed by atoms with Gasteiger partial charge in [-0.05, 0) is 30.7 Å². The Labute approximate surface area is 140 Å². The van der Waals surface area contributed by atoms with E-state index >= 15 is 0 Å². The number of aromatic nitrogens is 2. The van der Waals surface area contributed by atoms with E-state index in [0.29, 0.717) is 22.9 Å². The molecule has 0 amide bonds. The van der Waals surface area contributed by atoms with Gasteiger partial charge in [0.05, 0.1) is 11.3 Å². The van der Waals surface area contributed by atoms with E-state index in [0.717, 1.165) is 11.4 Å². The summed E-state index contributed by atoms with van der Waals surface area (Å²) in [5.41, 5.74) is 5.49. The Bertz CT molecular complexity index is 848. The molecule has 7 nitrogen and oxygen atoms in total. The van der Waals surface area contributed by atoms with Crippen molar-refractivity contribution in [3.8, 4) is 6.07 Å². The summed E-state index contributed by atoms with van der Waals surface area (Å²) >= 11 is 0. The van der Waals surface area contributed by atoms with Crippen LogP contribution in [0.1, 0.15) is 12.5 Å². The molecule has 1 aromatic carbocycles. The number of nitriles is 1. The van der Waals surface area contributed by atoms with E-state index in [4.69, 9.17) is 5.26 Å². The van der Waals surface area contributed by atoms with Gasteiger partial charge in [-0.1, -0.05) is 12.1 Å². The number of hydrogen-bond donors (Lipinski definition) is 3. The summed E-state index contributed by atoms with van der Waals surface area (Å²) in [6.07, 6.45) is 5.40. The fraction of sp³-hybridized carbons (Fsp3) is 0.118. The van der Waals surface area contributed by atoms with Gasteiger partial charge in [0.1, 0.15) is 29.9 Å². The highest BCUT2D eigenvalue weighted by molar-refractivity contribution is 5.65. The minimum atomic E-state index is 0.560. The lowest BCUT2D eigenvalue weighted by Crippen LogP contribution is -2.35. The first-order valence-electron chi connectivity index (χ1n) is 7.39. The zero-order valence-corrected chi connectivity index (χ0v) is 13.4. The fourth-order valence-electron chi connectivity index (χ4n) is 2.20. The maximum absolute atomic E-state index is 9.16. The third-order valence-corrected chi connectivity index (χ3v) is 3.45. The molecule has 1 aromatic heterocycles. The number of nitrogens with zero attached hydrogens (tertiary/aromatic N) is 4. The fourth-order valence-corrected chi connectivity index (χ4v) is 2.20. The highest BCUT2D eigenvalue weighted by Crippen LogP contribution is 2.21. The number of benzene rings is 1. The highest BCUT2D eigenvalue weighted by atomic mass is 15.5. The zero-order valence-electron chi connectivity index (χ0n) is 13.4. The van der Waals surface area contributed by atoms with Crippen LogP contribution in [0.5, 0.6) is 0 Å². The summed E-state index contributed by atoms with van der Waals surface area (Å²) in [4.78, 5) is 8.44. The summed E-state index contributed by atoms with van der Waals surface area (Å²) in [5, 5.41) is 17.4. The SMILES string of the molecule is CC1=CNN(C)C(Nc2cc(Nc3ccccc3C#N)ncn2)=C1. The van der Waals surface area contributed by atoms with Gasteiger partial charge in [-0.3, -0.25) is 5.01 Å². The quantitative estimate of drug-likeness (QED) is 0.798. The smallest absolute Gasteiger partial charge is 0.137 e. The van der Waals surface area contributed by atoms with Crippen molar-refractivity contribution in [2.24, 2.45) is 0 Å². The van der Waals surface area contributed by atoms with Crippen molar-refractivity contribution in [1.29, 1.82) is 5.26 Å². The molecule has 24 heavy (non-hydrogen) atoms. The van der Waals surface area contributed by atoms with Gasteiger partial charge in [0, 0.05) is 19.3 Å². The molecule has 120 valence electrons. The predicted molar refractivity (Wildman–Crippen MR) is 92.8 cm³/mol.